The zero-order valence-electron chi connectivity index (χ0n) is 17.6. The summed E-state index contributed by atoms with van der Waals surface area (Å²) in [5.74, 6) is 0.563. The van der Waals surface area contributed by atoms with Gasteiger partial charge in [0.1, 0.15) is 16.5 Å². The maximum absolute atomic E-state index is 13.5. The highest BCUT2D eigenvalue weighted by molar-refractivity contribution is 7.91. The van der Waals surface area contributed by atoms with Crippen LogP contribution in [0.5, 0.6) is 5.75 Å². The van der Waals surface area contributed by atoms with Gasteiger partial charge in [-0.2, -0.15) is 0 Å². The summed E-state index contributed by atoms with van der Waals surface area (Å²) in [6.45, 7) is 6.25. The van der Waals surface area contributed by atoms with Crippen LogP contribution in [-0.2, 0) is 16.4 Å². The lowest BCUT2D eigenvalue weighted by molar-refractivity contribution is 0.102. The summed E-state index contributed by atoms with van der Waals surface area (Å²) >= 11 is 0. The highest BCUT2D eigenvalue weighted by Crippen LogP contribution is 2.35. The molecule has 1 heterocycles. The van der Waals surface area contributed by atoms with Crippen LogP contribution >= 0.6 is 0 Å². The van der Waals surface area contributed by atoms with Crippen molar-refractivity contribution in [3.63, 3.8) is 0 Å². The van der Waals surface area contributed by atoms with Crippen LogP contribution in [-0.4, -0.2) is 26.0 Å². The Morgan fingerprint density at radius 1 is 1.03 bits per heavy atom. The first-order valence-corrected chi connectivity index (χ1v) is 11.2. The summed E-state index contributed by atoms with van der Waals surface area (Å²) in [6.07, 6.45) is 0.797. The predicted molar refractivity (Wildman–Crippen MR) is 117 cm³/mol. The number of benzene rings is 2. The topological polar surface area (TPSA) is 77.4 Å². The first kappa shape index (κ1) is 21.6. The summed E-state index contributed by atoms with van der Waals surface area (Å²) in [5, 5.41) is 2.86. The fourth-order valence-corrected chi connectivity index (χ4v) is 5.15. The molecule has 1 N–H and O–H groups in total. The van der Waals surface area contributed by atoms with Gasteiger partial charge >= 0.3 is 0 Å². The van der Waals surface area contributed by atoms with Crippen LogP contribution in [0.15, 0.2) is 64.4 Å². The average Bonchev–Trinajstić information content (AvgIpc) is 2.99. The van der Waals surface area contributed by atoms with Crippen LogP contribution in [0.3, 0.4) is 0 Å². The lowest BCUT2D eigenvalue weighted by Gasteiger charge is -2.14. The summed E-state index contributed by atoms with van der Waals surface area (Å²) in [7, 11) is -2.26. The van der Waals surface area contributed by atoms with E-state index in [0.29, 0.717) is 29.2 Å². The second-order valence-electron chi connectivity index (χ2n) is 7.04. The molecule has 0 spiro atoms. The van der Waals surface area contributed by atoms with Crippen LogP contribution in [0.4, 0.5) is 5.82 Å². The summed E-state index contributed by atoms with van der Waals surface area (Å²) in [4.78, 5) is 13.3. The zero-order valence-corrected chi connectivity index (χ0v) is 18.4. The number of sulfone groups is 1. The van der Waals surface area contributed by atoms with Crippen molar-refractivity contribution in [3.05, 3.63) is 71.4 Å². The van der Waals surface area contributed by atoms with E-state index in [-0.39, 0.29) is 15.7 Å². The van der Waals surface area contributed by atoms with Gasteiger partial charge in [0.05, 0.1) is 12.0 Å². The number of anilines is 1. The van der Waals surface area contributed by atoms with Crippen molar-refractivity contribution in [2.45, 2.75) is 43.5 Å². The Bertz CT molecular complexity index is 1150. The highest BCUT2D eigenvalue weighted by atomic mass is 32.2. The fourth-order valence-electron chi connectivity index (χ4n) is 3.43. The number of hydrogen-bond acceptors (Lipinski definition) is 4. The molecular weight excluding hydrogens is 400 g/mol. The maximum Gasteiger partial charge on any atom is 0.256 e. The average molecular weight is 427 g/mol. The molecule has 2 aromatic carbocycles. The summed E-state index contributed by atoms with van der Waals surface area (Å²) in [6, 6.07) is 15.0. The smallest absolute Gasteiger partial charge is 0.256 e. The van der Waals surface area contributed by atoms with Crippen LogP contribution in [0.25, 0.3) is 0 Å². The van der Waals surface area contributed by atoms with E-state index in [9.17, 15) is 13.2 Å². The number of ether oxygens (including phenoxy) is 1. The van der Waals surface area contributed by atoms with Gasteiger partial charge in [-0.3, -0.25) is 4.79 Å². The van der Waals surface area contributed by atoms with Gasteiger partial charge in [0.2, 0.25) is 9.84 Å². The second kappa shape index (κ2) is 8.75. The third kappa shape index (κ3) is 3.98. The first-order valence-electron chi connectivity index (χ1n) is 9.76. The third-order valence-electron chi connectivity index (χ3n) is 5.13. The molecule has 0 saturated carbocycles. The number of nitrogens with zero attached hydrogens (tertiary/aromatic N) is 1. The normalized spacial score (nSPS) is 11.3. The van der Waals surface area contributed by atoms with Gasteiger partial charge in [0.15, 0.2) is 0 Å². The molecule has 3 rings (SSSR count). The van der Waals surface area contributed by atoms with E-state index in [0.717, 1.165) is 12.1 Å². The molecule has 0 atom stereocenters. The summed E-state index contributed by atoms with van der Waals surface area (Å²) in [5.41, 5.74) is 1.87. The monoisotopic (exact) mass is 426 g/mol. The van der Waals surface area contributed by atoms with E-state index in [1.807, 2.05) is 18.4 Å². The number of nitrogens with one attached hydrogen (secondary N) is 1. The number of carbonyl (C=O) groups excluding carboxylic acids is 1. The van der Waals surface area contributed by atoms with E-state index >= 15 is 0 Å². The van der Waals surface area contributed by atoms with Gasteiger partial charge in [-0.15, -0.1) is 0 Å². The van der Waals surface area contributed by atoms with Gasteiger partial charge in [-0.25, -0.2) is 8.42 Å². The van der Waals surface area contributed by atoms with E-state index in [2.05, 4.69) is 5.32 Å². The number of methoxy groups -OCH3 is 1. The SMILES string of the molecule is CCCn1c(C)c(C)c(S(=O)(=O)c2ccccc2)c1NC(=O)c1ccc(OC)cc1. The van der Waals surface area contributed by atoms with Gasteiger partial charge < -0.3 is 14.6 Å². The Hall–Kier alpha value is -3.06. The Labute approximate surface area is 177 Å². The third-order valence-corrected chi connectivity index (χ3v) is 7.06. The number of hydrogen-bond donors (Lipinski definition) is 1. The van der Waals surface area contributed by atoms with Crippen LogP contribution < -0.4 is 10.1 Å². The maximum atomic E-state index is 13.5. The van der Waals surface area contributed by atoms with Crippen molar-refractivity contribution in [3.8, 4) is 5.75 Å². The molecule has 158 valence electrons. The van der Waals surface area contributed by atoms with Crippen molar-refractivity contribution < 1.29 is 17.9 Å². The van der Waals surface area contributed by atoms with Gasteiger partial charge in [-0.1, -0.05) is 25.1 Å². The van der Waals surface area contributed by atoms with Gasteiger partial charge in [0.25, 0.3) is 5.91 Å². The van der Waals surface area contributed by atoms with Crippen LogP contribution in [0.2, 0.25) is 0 Å². The predicted octanol–water partition coefficient (Wildman–Crippen LogP) is 4.61. The van der Waals surface area contributed by atoms with Crippen molar-refractivity contribution >= 4 is 21.6 Å². The zero-order chi connectivity index (χ0) is 21.9. The summed E-state index contributed by atoms with van der Waals surface area (Å²) < 4.78 is 33.9. The molecule has 0 unspecified atom stereocenters. The van der Waals surface area contributed by atoms with Crippen molar-refractivity contribution in [1.82, 2.24) is 4.57 Å². The lowest BCUT2D eigenvalue weighted by Crippen LogP contribution is -2.18. The molecule has 0 fully saturated rings. The number of amides is 1. The molecule has 3 aromatic rings. The van der Waals surface area contributed by atoms with E-state index in [4.69, 9.17) is 4.74 Å². The molecule has 0 aliphatic rings. The molecule has 1 amide bonds. The quantitative estimate of drug-likeness (QED) is 0.599. The molecule has 1 aromatic heterocycles. The Kier molecular flexibility index (Phi) is 6.31. The van der Waals surface area contributed by atoms with Crippen LogP contribution in [0, 0.1) is 13.8 Å². The van der Waals surface area contributed by atoms with E-state index in [1.54, 1.807) is 68.6 Å². The number of rotatable bonds is 7. The Morgan fingerprint density at radius 3 is 2.23 bits per heavy atom. The second-order valence-corrected chi connectivity index (χ2v) is 8.93. The first-order chi connectivity index (χ1) is 14.3. The standard InChI is InChI=1S/C23H26N2O4S/c1-5-15-25-17(3)16(2)21(30(27,28)20-9-7-6-8-10-20)22(25)24-23(26)18-11-13-19(29-4)14-12-18/h6-14H,5,15H2,1-4H3,(H,24,26). The number of aromatic nitrogens is 1. The van der Waals surface area contributed by atoms with Gasteiger partial charge in [-0.05, 0) is 62.2 Å². The van der Waals surface area contributed by atoms with Crippen molar-refractivity contribution in [1.29, 1.82) is 0 Å². The minimum absolute atomic E-state index is 0.140. The van der Waals surface area contributed by atoms with Crippen molar-refractivity contribution in [2.24, 2.45) is 0 Å². The molecule has 0 bridgehead atoms. The lowest BCUT2D eigenvalue weighted by atomic mass is 10.2. The molecule has 6 nitrogen and oxygen atoms in total. The molecule has 7 heteroatoms. The largest absolute Gasteiger partial charge is 0.497 e. The molecule has 0 saturated heterocycles. The molecule has 30 heavy (non-hydrogen) atoms. The van der Waals surface area contributed by atoms with Crippen molar-refractivity contribution in [2.75, 3.05) is 12.4 Å². The minimum Gasteiger partial charge on any atom is -0.497 e. The van der Waals surface area contributed by atoms with E-state index < -0.39 is 9.84 Å². The fraction of sp³-hybridized carbons (Fsp3) is 0.261. The van der Waals surface area contributed by atoms with E-state index in [1.165, 1.54) is 0 Å². The van der Waals surface area contributed by atoms with Gasteiger partial charge in [0, 0.05) is 17.8 Å². The highest BCUT2D eigenvalue weighted by Gasteiger charge is 2.30. The Morgan fingerprint density at radius 2 is 1.67 bits per heavy atom. The Balaban J connectivity index is 2.12. The van der Waals surface area contributed by atoms with Crippen LogP contribution in [0.1, 0.15) is 35.0 Å². The molecule has 0 radical (unpaired) electrons. The molecular formula is C23H26N2O4S. The molecule has 0 aliphatic carbocycles. The minimum atomic E-state index is -3.81. The molecule has 0 aliphatic heterocycles. The number of carbonyl (C=O) groups is 1.